The number of carboxylic acids is 1. The summed E-state index contributed by atoms with van der Waals surface area (Å²) in [5.41, 5.74) is 2.23. The van der Waals surface area contributed by atoms with Gasteiger partial charge in [-0.25, -0.2) is 4.79 Å². The molecule has 1 amide bonds. The molecular weight excluding hydrogens is 374 g/mol. The van der Waals surface area contributed by atoms with E-state index in [2.05, 4.69) is 9.88 Å². The highest BCUT2D eigenvalue weighted by Gasteiger charge is 2.19. The molecule has 1 aliphatic heterocycles. The summed E-state index contributed by atoms with van der Waals surface area (Å²) in [7, 11) is 0. The first-order valence-corrected chi connectivity index (χ1v) is 9.32. The van der Waals surface area contributed by atoms with E-state index in [4.69, 9.17) is 15.0 Å². The van der Waals surface area contributed by atoms with Crippen LogP contribution < -0.4 is 0 Å². The number of amides is 1. The third kappa shape index (κ3) is 7.34. The number of aromatic nitrogens is 1. The fourth-order valence-corrected chi connectivity index (χ4v) is 3.23. The van der Waals surface area contributed by atoms with Crippen LogP contribution in [0.5, 0.6) is 0 Å². The van der Waals surface area contributed by atoms with Gasteiger partial charge in [-0.15, -0.1) is 0 Å². The lowest BCUT2D eigenvalue weighted by Crippen LogP contribution is -2.36. The number of carboxylic acid groups (broad SMARTS) is 2. The second-order valence-corrected chi connectivity index (χ2v) is 6.66. The Morgan fingerprint density at radius 1 is 1.07 bits per heavy atom. The first-order chi connectivity index (χ1) is 14.0. The maximum Gasteiger partial charge on any atom is 0.335 e. The van der Waals surface area contributed by atoms with Crippen molar-refractivity contribution in [2.45, 2.75) is 19.4 Å². The van der Waals surface area contributed by atoms with Crippen molar-refractivity contribution in [1.29, 1.82) is 0 Å². The Bertz CT molecular complexity index is 813. The minimum Gasteiger partial charge on any atom is -0.483 e. The van der Waals surface area contributed by atoms with Gasteiger partial charge in [-0.05, 0) is 35.7 Å². The third-order valence-electron chi connectivity index (χ3n) is 4.60. The molecule has 1 fully saturated rings. The van der Waals surface area contributed by atoms with Gasteiger partial charge in [0.1, 0.15) is 0 Å². The standard InChI is InChI=1S/C20H23N3O3.CH2O2/c24-19(13-16-5-2-7-21-14-16)23-9-3-8-22(10-11-23)15-17-4-1-6-18(12-17)20(25)26;2-1-3/h1-2,4-7,12,14H,3,8-11,13,15H2,(H,25,26);1H,(H,2,3). The van der Waals surface area contributed by atoms with Crippen molar-refractivity contribution in [3.05, 3.63) is 65.5 Å². The molecular formula is C21H25N3O5. The average Bonchev–Trinajstić information content (AvgIpc) is 2.95. The van der Waals surface area contributed by atoms with Crippen LogP contribution in [0.2, 0.25) is 0 Å². The van der Waals surface area contributed by atoms with E-state index in [1.807, 2.05) is 23.1 Å². The van der Waals surface area contributed by atoms with Gasteiger partial charge in [0.25, 0.3) is 6.47 Å². The average molecular weight is 399 g/mol. The lowest BCUT2D eigenvalue weighted by atomic mass is 10.1. The molecule has 1 aromatic heterocycles. The van der Waals surface area contributed by atoms with Gasteiger partial charge in [0, 0.05) is 45.1 Å². The van der Waals surface area contributed by atoms with Crippen LogP contribution in [0, 0.1) is 0 Å². The summed E-state index contributed by atoms with van der Waals surface area (Å²) < 4.78 is 0. The maximum atomic E-state index is 12.5. The van der Waals surface area contributed by atoms with Crippen LogP contribution in [-0.4, -0.2) is 69.5 Å². The molecule has 0 aliphatic carbocycles. The van der Waals surface area contributed by atoms with Gasteiger partial charge in [-0.2, -0.15) is 0 Å². The number of rotatable bonds is 5. The number of hydrogen-bond acceptors (Lipinski definition) is 5. The highest BCUT2D eigenvalue weighted by Crippen LogP contribution is 2.12. The van der Waals surface area contributed by atoms with Crippen molar-refractivity contribution in [3.63, 3.8) is 0 Å². The van der Waals surface area contributed by atoms with Crippen LogP contribution in [0.4, 0.5) is 0 Å². The molecule has 29 heavy (non-hydrogen) atoms. The minimum absolute atomic E-state index is 0.132. The predicted molar refractivity (Wildman–Crippen MR) is 107 cm³/mol. The van der Waals surface area contributed by atoms with E-state index >= 15 is 0 Å². The molecule has 2 N–H and O–H groups in total. The van der Waals surface area contributed by atoms with E-state index in [0.717, 1.165) is 37.2 Å². The molecule has 1 aliphatic rings. The van der Waals surface area contributed by atoms with Gasteiger partial charge >= 0.3 is 5.97 Å². The van der Waals surface area contributed by atoms with Crippen molar-refractivity contribution in [2.24, 2.45) is 0 Å². The van der Waals surface area contributed by atoms with Crippen molar-refractivity contribution < 1.29 is 24.6 Å². The number of carbonyl (C=O) groups is 3. The molecule has 2 aromatic rings. The van der Waals surface area contributed by atoms with Gasteiger partial charge in [0.15, 0.2) is 0 Å². The monoisotopic (exact) mass is 399 g/mol. The van der Waals surface area contributed by atoms with E-state index in [0.29, 0.717) is 25.1 Å². The fourth-order valence-electron chi connectivity index (χ4n) is 3.23. The fraction of sp³-hybridized carbons (Fsp3) is 0.333. The Morgan fingerprint density at radius 3 is 2.52 bits per heavy atom. The van der Waals surface area contributed by atoms with Gasteiger partial charge in [-0.1, -0.05) is 18.2 Å². The number of benzene rings is 1. The molecule has 8 heteroatoms. The molecule has 0 atom stereocenters. The van der Waals surface area contributed by atoms with Gasteiger partial charge < -0.3 is 15.1 Å². The molecule has 8 nitrogen and oxygen atoms in total. The summed E-state index contributed by atoms with van der Waals surface area (Å²) in [5, 5.41) is 16.0. The molecule has 1 saturated heterocycles. The Labute approximate surface area is 169 Å². The van der Waals surface area contributed by atoms with Crippen molar-refractivity contribution >= 4 is 18.3 Å². The van der Waals surface area contributed by atoms with Gasteiger partial charge in [0.05, 0.1) is 12.0 Å². The lowest BCUT2D eigenvalue weighted by Gasteiger charge is -2.22. The van der Waals surface area contributed by atoms with Crippen LogP contribution in [0.25, 0.3) is 0 Å². The summed E-state index contributed by atoms with van der Waals surface area (Å²) in [6.45, 7) is 3.58. The van der Waals surface area contributed by atoms with Crippen LogP contribution in [0.3, 0.4) is 0 Å². The summed E-state index contributed by atoms with van der Waals surface area (Å²) in [5.74, 6) is -0.775. The quantitative estimate of drug-likeness (QED) is 0.737. The molecule has 3 rings (SSSR count). The molecule has 0 bridgehead atoms. The number of aromatic carboxylic acids is 1. The highest BCUT2D eigenvalue weighted by molar-refractivity contribution is 5.87. The third-order valence-corrected chi connectivity index (χ3v) is 4.60. The predicted octanol–water partition coefficient (Wildman–Crippen LogP) is 1.76. The molecule has 0 saturated carbocycles. The number of hydrogen-bond donors (Lipinski definition) is 2. The van der Waals surface area contributed by atoms with Crippen LogP contribution in [0.1, 0.15) is 27.9 Å². The Morgan fingerprint density at radius 2 is 1.83 bits per heavy atom. The summed E-state index contributed by atoms with van der Waals surface area (Å²) >= 11 is 0. The number of nitrogens with zero attached hydrogens (tertiary/aromatic N) is 3. The molecule has 0 unspecified atom stereocenters. The van der Waals surface area contributed by atoms with E-state index in [9.17, 15) is 9.59 Å². The van der Waals surface area contributed by atoms with Crippen LogP contribution in [0.15, 0.2) is 48.8 Å². The minimum atomic E-state index is -0.908. The van der Waals surface area contributed by atoms with Crippen molar-refractivity contribution in [1.82, 2.24) is 14.8 Å². The normalized spacial score (nSPS) is 14.3. The van der Waals surface area contributed by atoms with Crippen LogP contribution in [-0.2, 0) is 22.6 Å². The Balaban J connectivity index is 0.000000941. The summed E-state index contributed by atoms with van der Waals surface area (Å²) in [6, 6.07) is 10.8. The molecule has 154 valence electrons. The largest absolute Gasteiger partial charge is 0.483 e. The number of pyridine rings is 1. The van der Waals surface area contributed by atoms with Crippen molar-refractivity contribution in [3.8, 4) is 0 Å². The van der Waals surface area contributed by atoms with E-state index in [1.165, 1.54) is 0 Å². The second kappa shape index (κ2) is 11.6. The van der Waals surface area contributed by atoms with E-state index < -0.39 is 5.97 Å². The maximum absolute atomic E-state index is 12.5. The molecule has 2 heterocycles. The van der Waals surface area contributed by atoms with Crippen LogP contribution >= 0.6 is 0 Å². The van der Waals surface area contributed by atoms with E-state index in [-0.39, 0.29) is 12.4 Å². The summed E-state index contributed by atoms with van der Waals surface area (Å²) in [6.07, 6.45) is 4.74. The zero-order chi connectivity index (χ0) is 21.1. The highest BCUT2D eigenvalue weighted by atomic mass is 16.4. The topological polar surface area (TPSA) is 111 Å². The second-order valence-electron chi connectivity index (χ2n) is 6.66. The zero-order valence-electron chi connectivity index (χ0n) is 16.1. The van der Waals surface area contributed by atoms with E-state index in [1.54, 1.807) is 30.6 Å². The van der Waals surface area contributed by atoms with Crippen molar-refractivity contribution in [2.75, 3.05) is 26.2 Å². The number of carbonyl (C=O) groups excluding carboxylic acids is 1. The first-order valence-electron chi connectivity index (χ1n) is 9.32. The molecule has 1 aromatic carbocycles. The lowest BCUT2D eigenvalue weighted by molar-refractivity contribution is -0.130. The van der Waals surface area contributed by atoms with Gasteiger partial charge in [0.2, 0.25) is 5.91 Å². The molecule has 0 spiro atoms. The first kappa shape index (κ1) is 22.0. The Kier molecular flexibility index (Phi) is 8.78. The zero-order valence-corrected chi connectivity index (χ0v) is 16.1. The Hall–Kier alpha value is -3.26. The smallest absolute Gasteiger partial charge is 0.335 e. The van der Waals surface area contributed by atoms with Gasteiger partial charge in [-0.3, -0.25) is 19.5 Å². The molecule has 0 radical (unpaired) electrons. The SMILES string of the molecule is O=C(O)c1cccc(CN2CCCN(C(=O)Cc3cccnc3)CC2)c1.O=CO. The summed E-state index contributed by atoms with van der Waals surface area (Å²) in [4.78, 5) is 40.2.